The molecule has 1 aliphatic rings. The van der Waals surface area contributed by atoms with Crippen LogP contribution in [0, 0.1) is 5.92 Å². The lowest BCUT2D eigenvalue weighted by Gasteiger charge is -2.08. The minimum absolute atomic E-state index is 0.0191. The predicted molar refractivity (Wildman–Crippen MR) is 90.1 cm³/mol. The van der Waals surface area contributed by atoms with Gasteiger partial charge in [0.25, 0.3) is 5.91 Å². The molecule has 2 N–H and O–H groups in total. The summed E-state index contributed by atoms with van der Waals surface area (Å²) in [6.07, 6.45) is 1.88. The number of nitrogens with one attached hydrogen (secondary N) is 2. The Hall–Kier alpha value is -2.47. The Bertz CT molecular complexity index is 778. The van der Waals surface area contributed by atoms with Crippen molar-refractivity contribution in [2.75, 3.05) is 10.6 Å². The van der Waals surface area contributed by atoms with E-state index in [2.05, 4.69) is 10.6 Å². The molecule has 0 spiro atoms. The van der Waals surface area contributed by atoms with Gasteiger partial charge in [-0.05, 0) is 49.4 Å². The standard InChI is InChI=1S/C17H16N2O3S/c1-10(20)14-7-8-23-15(14)17(22)19-13-4-2-3-12(9-13)18-16(21)11-5-6-11/h2-4,7-9,11H,5-6H2,1H3,(H,18,21)(H,19,22). The maximum atomic E-state index is 12.3. The lowest BCUT2D eigenvalue weighted by molar-refractivity contribution is -0.117. The molecule has 1 aromatic heterocycles. The van der Waals surface area contributed by atoms with E-state index in [1.165, 1.54) is 18.3 Å². The van der Waals surface area contributed by atoms with E-state index in [9.17, 15) is 14.4 Å². The number of ketones is 1. The molecule has 1 fully saturated rings. The molecule has 2 aromatic rings. The van der Waals surface area contributed by atoms with Gasteiger partial charge in [0, 0.05) is 22.9 Å². The molecule has 5 nitrogen and oxygen atoms in total. The van der Waals surface area contributed by atoms with Gasteiger partial charge in [0.1, 0.15) is 4.88 Å². The number of benzene rings is 1. The van der Waals surface area contributed by atoms with Crippen molar-refractivity contribution < 1.29 is 14.4 Å². The second-order valence-corrected chi connectivity index (χ2v) is 6.43. The number of anilines is 2. The second-order valence-electron chi connectivity index (χ2n) is 5.52. The summed E-state index contributed by atoms with van der Waals surface area (Å²) in [6.45, 7) is 1.44. The van der Waals surface area contributed by atoms with Crippen molar-refractivity contribution in [3.63, 3.8) is 0 Å². The van der Waals surface area contributed by atoms with E-state index in [0.29, 0.717) is 21.8 Å². The number of amides is 2. The molecule has 0 radical (unpaired) electrons. The maximum Gasteiger partial charge on any atom is 0.266 e. The Labute approximate surface area is 137 Å². The number of thiophene rings is 1. The van der Waals surface area contributed by atoms with Gasteiger partial charge in [0.15, 0.2) is 5.78 Å². The van der Waals surface area contributed by atoms with Crippen molar-refractivity contribution in [1.29, 1.82) is 0 Å². The first-order valence-corrected chi connectivity index (χ1v) is 8.23. The smallest absolute Gasteiger partial charge is 0.266 e. The maximum absolute atomic E-state index is 12.3. The summed E-state index contributed by atoms with van der Waals surface area (Å²) in [5.41, 5.74) is 1.65. The minimum atomic E-state index is -0.323. The van der Waals surface area contributed by atoms with Crippen LogP contribution in [0.3, 0.4) is 0 Å². The van der Waals surface area contributed by atoms with Crippen molar-refractivity contribution >= 4 is 40.3 Å². The van der Waals surface area contributed by atoms with Gasteiger partial charge in [-0.25, -0.2) is 0 Å². The fraction of sp³-hybridized carbons (Fsp3) is 0.235. The zero-order valence-electron chi connectivity index (χ0n) is 12.6. The summed E-state index contributed by atoms with van der Waals surface area (Å²) in [4.78, 5) is 36.0. The van der Waals surface area contributed by atoms with E-state index < -0.39 is 0 Å². The van der Waals surface area contributed by atoms with Crippen LogP contribution in [0.5, 0.6) is 0 Å². The third-order valence-corrected chi connectivity index (χ3v) is 4.50. The van der Waals surface area contributed by atoms with Crippen LogP contribution in [-0.4, -0.2) is 17.6 Å². The number of hydrogen-bond donors (Lipinski definition) is 2. The zero-order chi connectivity index (χ0) is 16.4. The second kappa shape index (κ2) is 6.34. The van der Waals surface area contributed by atoms with Gasteiger partial charge in [-0.3, -0.25) is 14.4 Å². The average Bonchev–Trinajstić information content (AvgIpc) is 3.24. The Morgan fingerprint density at radius 2 is 1.78 bits per heavy atom. The largest absolute Gasteiger partial charge is 0.326 e. The molecule has 2 amide bonds. The third kappa shape index (κ3) is 3.65. The molecule has 1 aliphatic carbocycles. The fourth-order valence-electron chi connectivity index (χ4n) is 2.21. The molecular formula is C17H16N2O3S. The van der Waals surface area contributed by atoms with Gasteiger partial charge in [-0.2, -0.15) is 0 Å². The number of Topliss-reactive ketones (excluding diaryl/α,β-unsaturated/α-hetero) is 1. The summed E-state index contributed by atoms with van der Waals surface area (Å²) in [5.74, 6) is -0.319. The number of hydrogen-bond acceptors (Lipinski definition) is 4. The number of carbonyl (C=O) groups excluding carboxylic acids is 3. The quantitative estimate of drug-likeness (QED) is 0.824. The van der Waals surface area contributed by atoms with Gasteiger partial charge in [0.05, 0.1) is 0 Å². The molecule has 1 aromatic carbocycles. The van der Waals surface area contributed by atoms with Crippen LogP contribution in [0.1, 0.15) is 39.8 Å². The van der Waals surface area contributed by atoms with E-state index in [4.69, 9.17) is 0 Å². The molecule has 23 heavy (non-hydrogen) atoms. The summed E-state index contributed by atoms with van der Waals surface area (Å²) in [7, 11) is 0. The van der Waals surface area contributed by atoms with Gasteiger partial charge >= 0.3 is 0 Å². The lowest BCUT2D eigenvalue weighted by atomic mass is 10.2. The highest BCUT2D eigenvalue weighted by atomic mass is 32.1. The highest BCUT2D eigenvalue weighted by Crippen LogP contribution is 2.30. The van der Waals surface area contributed by atoms with E-state index in [0.717, 1.165) is 12.8 Å². The first kappa shape index (κ1) is 15.4. The summed E-state index contributed by atoms with van der Waals surface area (Å²) < 4.78 is 0. The summed E-state index contributed by atoms with van der Waals surface area (Å²) >= 11 is 1.23. The Morgan fingerprint density at radius 3 is 2.43 bits per heavy atom. The first-order valence-electron chi connectivity index (χ1n) is 7.35. The van der Waals surface area contributed by atoms with Crippen LogP contribution in [0.15, 0.2) is 35.7 Å². The van der Waals surface area contributed by atoms with Gasteiger partial charge in [-0.15, -0.1) is 11.3 Å². The predicted octanol–water partition coefficient (Wildman–Crippen LogP) is 3.55. The average molecular weight is 328 g/mol. The van der Waals surface area contributed by atoms with Crippen molar-refractivity contribution in [3.8, 4) is 0 Å². The number of carbonyl (C=O) groups is 3. The number of rotatable bonds is 5. The van der Waals surface area contributed by atoms with Gasteiger partial charge < -0.3 is 10.6 Å². The fourth-order valence-corrected chi connectivity index (χ4v) is 3.05. The molecule has 0 unspecified atom stereocenters. The van der Waals surface area contributed by atoms with E-state index in [1.54, 1.807) is 35.7 Å². The zero-order valence-corrected chi connectivity index (χ0v) is 13.4. The molecule has 0 bridgehead atoms. The van der Waals surface area contributed by atoms with Crippen LogP contribution in [0.2, 0.25) is 0 Å². The molecule has 0 aliphatic heterocycles. The Kier molecular flexibility index (Phi) is 4.25. The van der Waals surface area contributed by atoms with Gasteiger partial charge in [0.2, 0.25) is 5.91 Å². The Balaban J connectivity index is 1.72. The SMILES string of the molecule is CC(=O)c1ccsc1C(=O)Nc1cccc(NC(=O)C2CC2)c1. The monoisotopic (exact) mass is 328 g/mol. The Morgan fingerprint density at radius 1 is 1.09 bits per heavy atom. The highest BCUT2D eigenvalue weighted by molar-refractivity contribution is 7.12. The molecule has 0 atom stereocenters. The van der Waals surface area contributed by atoms with E-state index >= 15 is 0 Å². The lowest BCUT2D eigenvalue weighted by Crippen LogP contribution is -2.15. The topological polar surface area (TPSA) is 75.3 Å². The normalized spacial score (nSPS) is 13.4. The first-order chi connectivity index (χ1) is 11.0. The van der Waals surface area contributed by atoms with Crippen LogP contribution in [-0.2, 0) is 4.79 Å². The molecule has 118 valence electrons. The van der Waals surface area contributed by atoms with Crippen LogP contribution < -0.4 is 10.6 Å². The summed E-state index contributed by atoms with van der Waals surface area (Å²) in [5, 5.41) is 7.33. The molecule has 1 saturated carbocycles. The van der Waals surface area contributed by atoms with Crippen LogP contribution in [0.25, 0.3) is 0 Å². The van der Waals surface area contributed by atoms with E-state index in [-0.39, 0.29) is 23.5 Å². The van der Waals surface area contributed by atoms with Gasteiger partial charge in [-0.1, -0.05) is 6.07 Å². The molecule has 6 heteroatoms. The van der Waals surface area contributed by atoms with Crippen LogP contribution in [0.4, 0.5) is 11.4 Å². The highest BCUT2D eigenvalue weighted by Gasteiger charge is 2.29. The summed E-state index contributed by atoms with van der Waals surface area (Å²) in [6, 6.07) is 8.64. The van der Waals surface area contributed by atoms with E-state index in [1.807, 2.05) is 0 Å². The van der Waals surface area contributed by atoms with Crippen molar-refractivity contribution in [1.82, 2.24) is 0 Å². The third-order valence-electron chi connectivity index (χ3n) is 3.59. The molecule has 1 heterocycles. The molecular weight excluding hydrogens is 312 g/mol. The minimum Gasteiger partial charge on any atom is -0.326 e. The molecule has 0 saturated heterocycles. The van der Waals surface area contributed by atoms with Crippen molar-refractivity contribution in [2.24, 2.45) is 5.92 Å². The van der Waals surface area contributed by atoms with Crippen LogP contribution >= 0.6 is 11.3 Å². The van der Waals surface area contributed by atoms with Crippen molar-refractivity contribution in [2.45, 2.75) is 19.8 Å². The molecule has 3 rings (SSSR count). The van der Waals surface area contributed by atoms with Crippen molar-refractivity contribution in [3.05, 3.63) is 46.2 Å².